The quantitative estimate of drug-likeness (QED) is 0.387. The molecular formula is H3HoO3P. The predicted molar refractivity (Wildman–Crippen MR) is 13.6 cm³/mol. The Morgan fingerprint density at radius 2 is 1.00 bits per heavy atom. The molecule has 0 saturated heterocycles. The van der Waals surface area contributed by atoms with Crippen LogP contribution in [0.4, 0.5) is 0 Å². The average molecular weight is 247 g/mol. The van der Waals surface area contributed by atoms with Crippen molar-refractivity contribution in [2.75, 3.05) is 0 Å². The summed E-state index contributed by atoms with van der Waals surface area (Å²) in [6, 6.07) is 0. The Morgan fingerprint density at radius 1 is 1.00 bits per heavy atom. The van der Waals surface area contributed by atoms with Gasteiger partial charge in [0.1, 0.15) is 0 Å². The fourth-order valence-electron chi connectivity index (χ4n) is 0. The van der Waals surface area contributed by atoms with E-state index in [0.717, 1.165) is 0 Å². The van der Waals surface area contributed by atoms with E-state index in [1.54, 1.807) is 0 Å². The maximum Gasteiger partial charge on any atom is 0.324 e. The van der Waals surface area contributed by atoms with E-state index in [2.05, 4.69) is 0 Å². The van der Waals surface area contributed by atoms with E-state index in [9.17, 15) is 0 Å². The zero-order valence-corrected chi connectivity index (χ0v) is 4.92. The third-order valence-corrected chi connectivity index (χ3v) is 0. The minimum Gasteiger partial charge on any atom is -0.328 e. The second-order valence-electron chi connectivity index (χ2n) is 0.268. The molecule has 0 unspecified atom stereocenters. The van der Waals surface area contributed by atoms with E-state index in [0.29, 0.717) is 0 Å². The summed E-state index contributed by atoms with van der Waals surface area (Å²) in [7, 11) is -2.62. The van der Waals surface area contributed by atoms with E-state index in [-0.39, 0.29) is 37.7 Å². The van der Waals surface area contributed by atoms with Gasteiger partial charge in [0.25, 0.3) is 0 Å². The zero-order chi connectivity index (χ0) is 3.58. The largest absolute Gasteiger partial charge is 0.328 e. The van der Waals surface area contributed by atoms with Crippen LogP contribution in [0.1, 0.15) is 0 Å². The maximum atomic E-state index is 7.23. The van der Waals surface area contributed by atoms with Crippen LogP contribution in [0, 0.1) is 37.7 Å². The molecule has 0 aromatic carbocycles. The van der Waals surface area contributed by atoms with Gasteiger partial charge in [-0.05, 0) is 0 Å². The molecule has 0 aromatic rings. The van der Waals surface area contributed by atoms with Gasteiger partial charge >= 0.3 is 8.60 Å². The van der Waals surface area contributed by atoms with Gasteiger partial charge in [0.05, 0.1) is 0 Å². The van der Waals surface area contributed by atoms with Crippen molar-refractivity contribution in [2.24, 2.45) is 0 Å². The molecule has 0 saturated carbocycles. The first-order valence-corrected chi connectivity index (χ1v) is 1.80. The van der Waals surface area contributed by atoms with Crippen molar-refractivity contribution in [1.29, 1.82) is 0 Å². The summed E-state index contributed by atoms with van der Waals surface area (Å²) in [5.74, 6) is 0. The summed E-state index contributed by atoms with van der Waals surface area (Å²) < 4.78 is 0. The molecule has 0 amide bonds. The van der Waals surface area contributed by atoms with E-state index in [1.807, 2.05) is 0 Å². The topological polar surface area (TPSA) is 60.7 Å². The summed E-state index contributed by atoms with van der Waals surface area (Å²) in [5.41, 5.74) is 0. The van der Waals surface area contributed by atoms with Crippen molar-refractivity contribution >= 4 is 8.60 Å². The Kier molecular flexibility index (Phi) is 10.9. The average Bonchev–Trinajstić information content (AvgIpc) is 0.811. The Bertz CT molecular complexity index is 11.6. The van der Waals surface area contributed by atoms with Crippen molar-refractivity contribution in [3.05, 3.63) is 0 Å². The van der Waals surface area contributed by atoms with Gasteiger partial charge in [-0.3, -0.25) is 0 Å². The summed E-state index contributed by atoms with van der Waals surface area (Å²) >= 11 is 0. The fraction of sp³-hybridized carbons (Fsp3) is 0. The molecule has 0 heterocycles. The van der Waals surface area contributed by atoms with Crippen molar-refractivity contribution in [3.8, 4) is 0 Å². The van der Waals surface area contributed by atoms with Crippen LogP contribution in [0.25, 0.3) is 0 Å². The first-order valence-electron chi connectivity index (χ1n) is 0.600. The Labute approximate surface area is 60.6 Å². The molecule has 5 heavy (non-hydrogen) atoms. The maximum absolute atomic E-state index is 7.23. The molecule has 0 atom stereocenters. The molecular weight excluding hydrogens is 244 g/mol. The normalized spacial score (nSPS) is 7.20. The van der Waals surface area contributed by atoms with Crippen LogP contribution >= 0.6 is 8.60 Å². The van der Waals surface area contributed by atoms with Gasteiger partial charge in [-0.15, -0.1) is 0 Å². The molecule has 0 aliphatic heterocycles. The molecule has 1 radical (unpaired) electrons. The monoisotopic (exact) mass is 247 g/mol. The summed E-state index contributed by atoms with van der Waals surface area (Å²) in [4.78, 5) is 21.7. The Morgan fingerprint density at radius 3 is 1.00 bits per heavy atom. The molecule has 3 N–H and O–H groups in total. The van der Waals surface area contributed by atoms with Crippen molar-refractivity contribution < 1.29 is 52.4 Å². The van der Waals surface area contributed by atoms with Crippen LogP contribution < -0.4 is 0 Å². The third kappa shape index (κ3) is 28.8. The van der Waals surface area contributed by atoms with Gasteiger partial charge in [0, 0.05) is 37.7 Å². The van der Waals surface area contributed by atoms with E-state index < -0.39 is 8.60 Å². The van der Waals surface area contributed by atoms with Gasteiger partial charge in [-0.25, -0.2) is 0 Å². The molecule has 5 heteroatoms. The van der Waals surface area contributed by atoms with Crippen LogP contribution in [0.3, 0.4) is 0 Å². The third-order valence-electron chi connectivity index (χ3n) is 0. The molecule has 0 rings (SSSR count). The van der Waals surface area contributed by atoms with Gasteiger partial charge < -0.3 is 14.7 Å². The van der Waals surface area contributed by atoms with Crippen LogP contribution in [-0.4, -0.2) is 14.7 Å². The Hall–Kier alpha value is 1.57. The second-order valence-corrected chi connectivity index (χ2v) is 0.805. The van der Waals surface area contributed by atoms with Crippen molar-refractivity contribution in [3.63, 3.8) is 0 Å². The SMILES string of the molecule is OP(O)O.[Ho]. The molecule has 0 spiro atoms. The molecule has 0 fully saturated rings. The van der Waals surface area contributed by atoms with Crippen LogP contribution in [-0.2, 0) is 0 Å². The van der Waals surface area contributed by atoms with Crippen LogP contribution in [0.15, 0.2) is 0 Å². The number of hydrogen-bond acceptors (Lipinski definition) is 3. The van der Waals surface area contributed by atoms with Crippen molar-refractivity contribution in [2.45, 2.75) is 0 Å². The molecule has 0 bridgehead atoms. The minimum absolute atomic E-state index is 0. The van der Waals surface area contributed by atoms with Crippen LogP contribution in [0.5, 0.6) is 0 Å². The first-order chi connectivity index (χ1) is 1.73. The molecule has 0 aliphatic carbocycles. The van der Waals surface area contributed by atoms with Gasteiger partial charge in [-0.1, -0.05) is 0 Å². The second kappa shape index (κ2) is 5.57. The fourth-order valence-corrected chi connectivity index (χ4v) is 0. The Balaban J connectivity index is 0. The summed E-state index contributed by atoms with van der Waals surface area (Å²) in [5, 5.41) is 0. The minimum atomic E-state index is -2.62. The van der Waals surface area contributed by atoms with E-state index in [4.69, 9.17) is 14.7 Å². The van der Waals surface area contributed by atoms with Gasteiger partial charge in [0.2, 0.25) is 0 Å². The standard InChI is InChI=1S/Ho.H3O3P/c;1-4(2)3/h;1-3H. The molecule has 0 aliphatic rings. The van der Waals surface area contributed by atoms with E-state index in [1.165, 1.54) is 0 Å². The molecule has 37 valence electrons. The zero-order valence-electron chi connectivity index (χ0n) is 2.09. The predicted octanol–water partition coefficient (Wildman–Crippen LogP) is -0.810. The van der Waals surface area contributed by atoms with E-state index >= 15 is 0 Å². The smallest absolute Gasteiger partial charge is 0.324 e. The summed E-state index contributed by atoms with van der Waals surface area (Å²) in [6.07, 6.45) is 0. The molecule has 3 nitrogen and oxygen atoms in total. The van der Waals surface area contributed by atoms with Crippen LogP contribution in [0.2, 0.25) is 0 Å². The first kappa shape index (κ1) is 9.76. The summed E-state index contributed by atoms with van der Waals surface area (Å²) in [6.45, 7) is 0. The van der Waals surface area contributed by atoms with Crippen molar-refractivity contribution in [1.82, 2.24) is 0 Å². The van der Waals surface area contributed by atoms with Gasteiger partial charge in [0.15, 0.2) is 0 Å². The number of hydrogen-bond donors (Lipinski definition) is 3. The molecule has 0 aromatic heterocycles. The van der Waals surface area contributed by atoms with Gasteiger partial charge in [-0.2, -0.15) is 0 Å². The number of rotatable bonds is 0.